The fourth-order valence-electron chi connectivity index (χ4n) is 1.87. The summed E-state index contributed by atoms with van der Waals surface area (Å²) in [6, 6.07) is 3.20. The minimum absolute atomic E-state index is 0.351. The molecule has 0 aliphatic rings. The molecule has 0 N–H and O–H groups in total. The van der Waals surface area contributed by atoms with Crippen molar-refractivity contribution in [3.05, 3.63) is 29.7 Å². The number of oxazole rings is 1. The summed E-state index contributed by atoms with van der Waals surface area (Å²) in [7, 11) is 0. The van der Waals surface area contributed by atoms with Crippen molar-refractivity contribution >= 4 is 11.1 Å². The summed E-state index contributed by atoms with van der Waals surface area (Å²) in [5.41, 5.74) is -0.752. The van der Waals surface area contributed by atoms with Crippen LogP contribution in [0, 0.1) is 6.92 Å². The van der Waals surface area contributed by atoms with E-state index in [0.29, 0.717) is 5.56 Å². The zero-order valence-corrected chi connectivity index (χ0v) is 12.2. The van der Waals surface area contributed by atoms with Crippen LogP contribution in [0.4, 0.5) is 48.3 Å². The van der Waals surface area contributed by atoms with Crippen molar-refractivity contribution in [1.82, 2.24) is 4.98 Å². The number of rotatable bonds is 4. The number of aromatic nitrogens is 1. The van der Waals surface area contributed by atoms with Crippen LogP contribution in [0.2, 0.25) is 0 Å². The average molecular weight is 401 g/mol. The van der Waals surface area contributed by atoms with Crippen molar-refractivity contribution < 1.29 is 52.7 Å². The van der Waals surface area contributed by atoms with Gasteiger partial charge in [-0.3, -0.25) is 0 Å². The second-order valence-electron chi connectivity index (χ2n) is 5.29. The van der Waals surface area contributed by atoms with E-state index < -0.39 is 46.9 Å². The summed E-state index contributed by atoms with van der Waals surface area (Å²) in [6.45, 7) is 1.41. The predicted molar refractivity (Wildman–Crippen MR) is 63.5 cm³/mol. The molecule has 2 nitrogen and oxygen atoms in total. The lowest BCUT2D eigenvalue weighted by molar-refractivity contribution is -0.426. The van der Waals surface area contributed by atoms with E-state index in [1.165, 1.54) is 13.0 Å². The van der Waals surface area contributed by atoms with Crippen molar-refractivity contribution in [3.8, 4) is 0 Å². The first kappa shape index (κ1) is 20.2. The fourth-order valence-corrected chi connectivity index (χ4v) is 1.87. The largest absolute Gasteiger partial charge is 0.460 e. The van der Waals surface area contributed by atoms with Crippen LogP contribution in [-0.2, 0) is 5.92 Å². The molecule has 2 aromatic rings. The molecule has 26 heavy (non-hydrogen) atoms. The molecule has 1 aromatic carbocycles. The second kappa shape index (κ2) is 5.46. The highest BCUT2D eigenvalue weighted by Crippen LogP contribution is 2.59. The van der Waals surface area contributed by atoms with Crippen LogP contribution in [-0.4, -0.2) is 28.9 Å². The smallest absolute Gasteiger partial charge is 0.435 e. The fraction of sp³-hybridized carbons (Fsp3) is 0.462. The molecule has 0 atom stereocenters. The van der Waals surface area contributed by atoms with Gasteiger partial charge in [-0.25, -0.2) is 4.98 Å². The Labute approximate surface area is 136 Å². The lowest BCUT2D eigenvalue weighted by Gasteiger charge is -2.36. The van der Waals surface area contributed by atoms with E-state index in [-0.39, 0.29) is 0 Å². The Bertz CT molecular complexity index is 821. The standard InChI is InChI=1S/C13H6F11NO/c1-5-2-3-6-7(4-5)26-8(25-6)9(14,15)10(16,17)11(18,19)12(20,21)13(22,23)24/h2-4H,1H3. The number of fused-ring (bicyclic) bond motifs is 1. The Morgan fingerprint density at radius 2 is 1.31 bits per heavy atom. The summed E-state index contributed by atoms with van der Waals surface area (Å²) in [5.74, 6) is -30.8. The average Bonchev–Trinajstić information content (AvgIpc) is 2.89. The van der Waals surface area contributed by atoms with Gasteiger partial charge in [-0.1, -0.05) is 6.07 Å². The topological polar surface area (TPSA) is 26.0 Å². The van der Waals surface area contributed by atoms with Gasteiger partial charge in [0.1, 0.15) is 5.52 Å². The third kappa shape index (κ3) is 2.58. The lowest BCUT2D eigenvalue weighted by atomic mass is 9.98. The highest BCUT2D eigenvalue weighted by atomic mass is 19.4. The van der Waals surface area contributed by atoms with Gasteiger partial charge in [0.2, 0.25) is 0 Å². The van der Waals surface area contributed by atoms with Gasteiger partial charge in [0, 0.05) is 0 Å². The molecule has 1 aromatic heterocycles. The van der Waals surface area contributed by atoms with Gasteiger partial charge in [-0.15, -0.1) is 0 Å². The Morgan fingerprint density at radius 3 is 1.81 bits per heavy atom. The monoisotopic (exact) mass is 401 g/mol. The first-order chi connectivity index (χ1) is 11.5. The molecule has 0 spiro atoms. The second-order valence-corrected chi connectivity index (χ2v) is 5.29. The molecule has 0 unspecified atom stereocenters. The zero-order valence-electron chi connectivity index (χ0n) is 12.2. The lowest BCUT2D eigenvalue weighted by Crippen LogP contribution is -2.65. The molecule has 0 aliphatic heterocycles. The van der Waals surface area contributed by atoms with Gasteiger partial charge in [0.25, 0.3) is 5.89 Å². The molecule has 0 radical (unpaired) electrons. The van der Waals surface area contributed by atoms with E-state index in [4.69, 9.17) is 0 Å². The summed E-state index contributed by atoms with van der Waals surface area (Å²) < 4.78 is 147. The van der Waals surface area contributed by atoms with Crippen LogP contribution < -0.4 is 0 Å². The van der Waals surface area contributed by atoms with Crippen molar-refractivity contribution in [2.75, 3.05) is 0 Å². The van der Waals surface area contributed by atoms with Crippen molar-refractivity contribution in [2.24, 2.45) is 0 Å². The van der Waals surface area contributed by atoms with Crippen LogP contribution in [0.25, 0.3) is 11.1 Å². The normalized spacial score (nSPS) is 14.9. The Hall–Kier alpha value is -2.08. The third-order valence-corrected chi connectivity index (χ3v) is 3.35. The molecular weight excluding hydrogens is 395 g/mol. The number of aryl methyl sites for hydroxylation is 1. The van der Waals surface area contributed by atoms with Gasteiger partial charge in [-0.2, -0.15) is 48.3 Å². The van der Waals surface area contributed by atoms with Gasteiger partial charge >= 0.3 is 29.9 Å². The van der Waals surface area contributed by atoms with E-state index >= 15 is 0 Å². The number of hydrogen-bond donors (Lipinski definition) is 0. The molecule has 1 heterocycles. The van der Waals surface area contributed by atoms with Crippen molar-refractivity contribution in [3.63, 3.8) is 0 Å². The molecule has 2 rings (SSSR count). The summed E-state index contributed by atoms with van der Waals surface area (Å²) in [4.78, 5) is 2.79. The number of hydrogen-bond acceptors (Lipinski definition) is 2. The van der Waals surface area contributed by atoms with Gasteiger partial charge in [0.05, 0.1) is 0 Å². The number of alkyl halides is 11. The van der Waals surface area contributed by atoms with Crippen LogP contribution in [0.15, 0.2) is 22.6 Å². The minimum Gasteiger partial charge on any atom is -0.435 e. The maximum atomic E-state index is 13.8. The molecular formula is C13H6F11NO. The van der Waals surface area contributed by atoms with Crippen LogP contribution in [0.3, 0.4) is 0 Å². The third-order valence-electron chi connectivity index (χ3n) is 3.35. The molecule has 0 amide bonds. The number of nitrogens with zero attached hydrogens (tertiary/aromatic N) is 1. The number of halogens is 11. The van der Waals surface area contributed by atoms with E-state index in [0.717, 1.165) is 12.1 Å². The summed E-state index contributed by atoms with van der Waals surface area (Å²) >= 11 is 0. The van der Waals surface area contributed by atoms with E-state index in [2.05, 4.69) is 9.40 Å². The maximum absolute atomic E-state index is 13.8. The quantitative estimate of drug-likeness (QED) is 0.615. The molecule has 0 bridgehead atoms. The Morgan fingerprint density at radius 1 is 0.769 bits per heavy atom. The van der Waals surface area contributed by atoms with Gasteiger partial charge < -0.3 is 4.42 Å². The molecule has 0 aliphatic carbocycles. The van der Waals surface area contributed by atoms with Crippen molar-refractivity contribution in [1.29, 1.82) is 0 Å². The van der Waals surface area contributed by atoms with E-state index in [1.807, 2.05) is 0 Å². The highest BCUT2D eigenvalue weighted by Gasteiger charge is 2.88. The SMILES string of the molecule is Cc1ccc2nc(C(F)(F)C(F)(F)C(F)(F)C(F)(F)C(F)(F)F)oc2c1. The van der Waals surface area contributed by atoms with Crippen LogP contribution >= 0.6 is 0 Å². The Kier molecular flexibility index (Phi) is 4.25. The van der Waals surface area contributed by atoms with Gasteiger partial charge in [0.15, 0.2) is 5.58 Å². The molecule has 0 saturated carbocycles. The predicted octanol–water partition coefficient (Wildman–Crippen LogP) is 5.70. The maximum Gasteiger partial charge on any atom is 0.460 e. The molecule has 0 fully saturated rings. The van der Waals surface area contributed by atoms with E-state index in [1.54, 1.807) is 0 Å². The van der Waals surface area contributed by atoms with Crippen molar-refractivity contribution in [2.45, 2.75) is 36.8 Å². The first-order valence-electron chi connectivity index (χ1n) is 6.42. The highest BCUT2D eigenvalue weighted by molar-refractivity contribution is 5.73. The molecule has 13 heteroatoms. The molecule has 146 valence electrons. The van der Waals surface area contributed by atoms with Crippen LogP contribution in [0.1, 0.15) is 11.5 Å². The molecule has 0 saturated heterocycles. The first-order valence-corrected chi connectivity index (χ1v) is 6.42. The van der Waals surface area contributed by atoms with Crippen LogP contribution in [0.5, 0.6) is 0 Å². The zero-order chi connectivity index (χ0) is 20.3. The summed E-state index contributed by atoms with van der Waals surface area (Å²) in [6.07, 6.45) is -7.21. The van der Waals surface area contributed by atoms with Gasteiger partial charge in [-0.05, 0) is 24.6 Å². The Balaban J connectivity index is 2.60. The summed E-state index contributed by atoms with van der Waals surface area (Å²) in [5, 5.41) is 0. The van der Waals surface area contributed by atoms with E-state index in [9.17, 15) is 48.3 Å². The minimum atomic E-state index is -7.50. The number of benzene rings is 1.